The molecule has 0 bridgehead atoms. The minimum atomic E-state index is -0.963. The van der Waals surface area contributed by atoms with Crippen LogP contribution in [-0.2, 0) is 0 Å². The largest absolute Gasteiger partial charge is 0.244 e. The van der Waals surface area contributed by atoms with Crippen molar-refractivity contribution in [1.29, 1.82) is 0 Å². The van der Waals surface area contributed by atoms with E-state index in [0.29, 0.717) is 6.42 Å². The average Bonchev–Trinajstić information content (AvgIpc) is 2.11. The molecule has 0 fully saturated rings. The molecule has 0 aliphatic heterocycles. The van der Waals surface area contributed by atoms with Crippen LogP contribution in [0.1, 0.15) is 64.7 Å². The SMILES string of the molecule is CC1(F)C/C=C\CCCCCCCC1. The monoisotopic (exact) mass is 198 g/mol. The molecule has 14 heavy (non-hydrogen) atoms. The van der Waals surface area contributed by atoms with Gasteiger partial charge in [-0.2, -0.15) is 0 Å². The van der Waals surface area contributed by atoms with Crippen molar-refractivity contribution < 1.29 is 4.39 Å². The van der Waals surface area contributed by atoms with E-state index in [2.05, 4.69) is 6.08 Å². The van der Waals surface area contributed by atoms with Crippen molar-refractivity contribution in [2.75, 3.05) is 0 Å². The first-order valence-electron chi connectivity index (χ1n) is 6.05. The zero-order chi connectivity index (χ0) is 10.3. The molecule has 1 aliphatic carbocycles. The molecule has 0 N–H and O–H groups in total. The Morgan fingerprint density at radius 1 is 0.929 bits per heavy atom. The number of allylic oxidation sites excluding steroid dienone is 2. The Bertz CT molecular complexity index is 170. The number of halogens is 1. The summed E-state index contributed by atoms with van der Waals surface area (Å²) in [4.78, 5) is 0. The van der Waals surface area contributed by atoms with Gasteiger partial charge in [-0.15, -0.1) is 0 Å². The lowest BCUT2D eigenvalue weighted by atomic mass is 9.95. The van der Waals surface area contributed by atoms with E-state index in [1.54, 1.807) is 6.92 Å². The topological polar surface area (TPSA) is 0 Å². The summed E-state index contributed by atoms with van der Waals surface area (Å²) >= 11 is 0. The Hall–Kier alpha value is -0.330. The molecule has 0 radical (unpaired) electrons. The summed E-state index contributed by atoms with van der Waals surface area (Å²) in [5.41, 5.74) is -0.963. The first-order valence-corrected chi connectivity index (χ1v) is 6.05. The lowest BCUT2D eigenvalue weighted by molar-refractivity contribution is 0.173. The van der Waals surface area contributed by atoms with Crippen molar-refractivity contribution in [1.82, 2.24) is 0 Å². The molecule has 82 valence electrons. The molecule has 0 saturated carbocycles. The van der Waals surface area contributed by atoms with Crippen LogP contribution in [0.25, 0.3) is 0 Å². The van der Waals surface area contributed by atoms with Crippen LogP contribution in [0.3, 0.4) is 0 Å². The molecule has 1 unspecified atom stereocenters. The van der Waals surface area contributed by atoms with E-state index in [1.165, 1.54) is 32.1 Å². The van der Waals surface area contributed by atoms with Gasteiger partial charge in [0.1, 0.15) is 5.67 Å². The Kier molecular flexibility index (Phi) is 5.21. The first kappa shape index (κ1) is 11.7. The Balaban J connectivity index is 2.36. The van der Waals surface area contributed by atoms with Gasteiger partial charge in [0.25, 0.3) is 0 Å². The van der Waals surface area contributed by atoms with Gasteiger partial charge in [0.05, 0.1) is 0 Å². The van der Waals surface area contributed by atoms with E-state index in [1.807, 2.05) is 6.08 Å². The average molecular weight is 198 g/mol. The highest BCUT2D eigenvalue weighted by Crippen LogP contribution is 2.25. The molecule has 1 heteroatoms. The van der Waals surface area contributed by atoms with Crippen LogP contribution in [0.5, 0.6) is 0 Å². The molecule has 1 atom stereocenters. The minimum absolute atomic E-state index is 0.604. The van der Waals surface area contributed by atoms with Crippen molar-refractivity contribution in [2.24, 2.45) is 0 Å². The quantitative estimate of drug-likeness (QED) is 0.491. The molecule has 0 aromatic heterocycles. The molecule has 0 amide bonds. The van der Waals surface area contributed by atoms with Crippen molar-refractivity contribution in [3.05, 3.63) is 12.2 Å². The van der Waals surface area contributed by atoms with Crippen molar-refractivity contribution in [3.63, 3.8) is 0 Å². The van der Waals surface area contributed by atoms with E-state index in [9.17, 15) is 4.39 Å². The molecule has 0 saturated heterocycles. The Labute approximate surface area is 87.6 Å². The maximum absolute atomic E-state index is 13.8. The molecule has 0 nitrogen and oxygen atoms in total. The number of alkyl halides is 1. The summed E-state index contributed by atoms with van der Waals surface area (Å²) in [7, 11) is 0. The van der Waals surface area contributed by atoms with Gasteiger partial charge in [-0.05, 0) is 32.6 Å². The summed E-state index contributed by atoms with van der Waals surface area (Å²) in [5.74, 6) is 0. The maximum atomic E-state index is 13.8. The van der Waals surface area contributed by atoms with Gasteiger partial charge < -0.3 is 0 Å². The van der Waals surface area contributed by atoms with Gasteiger partial charge in [0, 0.05) is 0 Å². The van der Waals surface area contributed by atoms with Crippen molar-refractivity contribution in [2.45, 2.75) is 70.4 Å². The molecular formula is C13H23F. The minimum Gasteiger partial charge on any atom is -0.244 e. The van der Waals surface area contributed by atoms with Crippen LogP contribution in [0.2, 0.25) is 0 Å². The van der Waals surface area contributed by atoms with E-state index < -0.39 is 5.67 Å². The van der Waals surface area contributed by atoms with Crippen LogP contribution < -0.4 is 0 Å². The van der Waals surface area contributed by atoms with Gasteiger partial charge in [-0.1, -0.05) is 44.3 Å². The van der Waals surface area contributed by atoms with Gasteiger partial charge in [0.2, 0.25) is 0 Å². The smallest absolute Gasteiger partial charge is 0.111 e. The zero-order valence-corrected chi connectivity index (χ0v) is 9.40. The van der Waals surface area contributed by atoms with Crippen molar-refractivity contribution in [3.8, 4) is 0 Å². The van der Waals surface area contributed by atoms with E-state index in [0.717, 1.165) is 19.3 Å². The summed E-state index contributed by atoms with van der Waals surface area (Å²) in [6, 6.07) is 0. The Morgan fingerprint density at radius 3 is 2.36 bits per heavy atom. The predicted molar refractivity (Wildman–Crippen MR) is 60.2 cm³/mol. The summed E-state index contributed by atoms with van der Waals surface area (Å²) in [5, 5.41) is 0. The van der Waals surface area contributed by atoms with Crippen LogP contribution in [0.15, 0.2) is 12.2 Å². The molecule has 0 spiro atoms. The zero-order valence-electron chi connectivity index (χ0n) is 9.40. The first-order chi connectivity index (χ1) is 6.71. The van der Waals surface area contributed by atoms with Gasteiger partial charge >= 0.3 is 0 Å². The second kappa shape index (κ2) is 6.21. The predicted octanol–water partition coefficient (Wildman–Crippen LogP) is 4.80. The maximum Gasteiger partial charge on any atom is 0.111 e. The summed E-state index contributed by atoms with van der Waals surface area (Å²) in [6.07, 6.45) is 14.2. The second-order valence-corrected chi connectivity index (χ2v) is 4.75. The van der Waals surface area contributed by atoms with E-state index in [4.69, 9.17) is 0 Å². The molecular weight excluding hydrogens is 175 g/mol. The lowest BCUT2D eigenvalue weighted by Gasteiger charge is -2.18. The normalized spacial score (nSPS) is 34.1. The second-order valence-electron chi connectivity index (χ2n) is 4.75. The fourth-order valence-corrected chi connectivity index (χ4v) is 2.01. The highest BCUT2D eigenvalue weighted by molar-refractivity contribution is 4.89. The molecule has 1 aliphatic rings. The van der Waals surface area contributed by atoms with Crippen molar-refractivity contribution >= 4 is 0 Å². The number of rotatable bonds is 0. The summed E-state index contributed by atoms with van der Waals surface area (Å²) in [6.45, 7) is 1.74. The van der Waals surface area contributed by atoms with Gasteiger partial charge in [-0.3, -0.25) is 0 Å². The van der Waals surface area contributed by atoms with Crippen LogP contribution in [0, 0.1) is 0 Å². The fraction of sp³-hybridized carbons (Fsp3) is 0.846. The Morgan fingerprint density at radius 2 is 1.57 bits per heavy atom. The third-order valence-electron chi connectivity index (χ3n) is 3.03. The number of hydrogen-bond donors (Lipinski definition) is 0. The van der Waals surface area contributed by atoms with Gasteiger partial charge in [0.15, 0.2) is 0 Å². The third kappa shape index (κ3) is 5.41. The molecule has 0 aromatic rings. The van der Waals surface area contributed by atoms with Crippen LogP contribution in [0.4, 0.5) is 4.39 Å². The van der Waals surface area contributed by atoms with E-state index in [-0.39, 0.29) is 0 Å². The van der Waals surface area contributed by atoms with E-state index >= 15 is 0 Å². The highest BCUT2D eigenvalue weighted by atomic mass is 19.1. The van der Waals surface area contributed by atoms with Crippen LogP contribution in [-0.4, -0.2) is 5.67 Å². The molecule has 1 rings (SSSR count). The molecule has 0 heterocycles. The number of hydrogen-bond acceptors (Lipinski definition) is 0. The standard InChI is InChI=1S/C13H23F/c1-13(14)11-9-7-5-3-2-4-6-8-10-12-13/h7,9H,2-6,8,10-12H2,1H3/b9-7-. The van der Waals surface area contributed by atoms with Crippen LogP contribution >= 0.6 is 0 Å². The third-order valence-corrected chi connectivity index (χ3v) is 3.03. The lowest BCUT2D eigenvalue weighted by Crippen LogP contribution is -2.16. The van der Waals surface area contributed by atoms with Gasteiger partial charge in [-0.25, -0.2) is 4.39 Å². The fourth-order valence-electron chi connectivity index (χ4n) is 2.01. The highest BCUT2D eigenvalue weighted by Gasteiger charge is 2.20. The molecule has 0 aromatic carbocycles. The summed E-state index contributed by atoms with van der Waals surface area (Å²) < 4.78 is 13.8.